The SMILES string of the molecule is CN(C)c1ccc(C=CCNC(=O)OC(C)(C)C)cc1. The molecular formula is C16H24N2O2. The lowest BCUT2D eigenvalue weighted by Crippen LogP contribution is -2.32. The number of rotatable bonds is 4. The Labute approximate surface area is 121 Å². The summed E-state index contributed by atoms with van der Waals surface area (Å²) in [4.78, 5) is 13.5. The smallest absolute Gasteiger partial charge is 0.407 e. The van der Waals surface area contributed by atoms with Gasteiger partial charge in [-0.05, 0) is 38.5 Å². The molecule has 0 radical (unpaired) electrons. The molecular weight excluding hydrogens is 252 g/mol. The summed E-state index contributed by atoms with van der Waals surface area (Å²) in [7, 11) is 4.02. The molecule has 1 amide bonds. The summed E-state index contributed by atoms with van der Waals surface area (Å²) in [5.74, 6) is 0. The van der Waals surface area contributed by atoms with Gasteiger partial charge in [0.05, 0.1) is 0 Å². The van der Waals surface area contributed by atoms with Gasteiger partial charge < -0.3 is 15.0 Å². The summed E-state index contributed by atoms with van der Waals surface area (Å²) in [6.07, 6.45) is 3.47. The van der Waals surface area contributed by atoms with Crippen molar-refractivity contribution in [3.8, 4) is 0 Å². The molecule has 110 valence electrons. The van der Waals surface area contributed by atoms with Gasteiger partial charge in [0.1, 0.15) is 5.60 Å². The predicted octanol–water partition coefficient (Wildman–Crippen LogP) is 3.29. The van der Waals surface area contributed by atoms with E-state index in [0.29, 0.717) is 6.54 Å². The lowest BCUT2D eigenvalue weighted by atomic mass is 10.2. The fourth-order valence-corrected chi connectivity index (χ4v) is 1.54. The molecule has 1 rings (SSSR count). The first-order valence-electron chi connectivity index (χ1n) is 6.69. The van der Waals surface area contributed by atoms with Gasteiger partial charge in [0.2, 0.25) is 0 Å². The molecule has 0 spiro atoms. The molecule has 1 N–H and O–H groups in total. The highest BCUT2D eigenvalue weighted by atomic mass is 16.6. The van der Waals surface area contributed by atoms with Crippen molar-refractivity contribution in [3.63, 3.8) is 0 Å². The van der Waals surface area contributed by atoms with Gasteiger partial charge in [-0.2, -0.15) is 0 Å². The average molecular weight is 276 g/mol. The Hall–Kier alpha value is -1.97. The number of anilines is 1. The highest BCUT2D eigenvalue weighted by Gasteiger charge is 2.14. The van der Waals surface area contributed by atoms with E-state index in [9.17, 15) is 4.79 Å². The molecule has 4 heteroatoms. The zero-order valence-corrected chi connectivity index (χ0v) is 12.9. The minimum atomic E-state index is -0.462. The van der Waals surface area contributed by atoms with Crippen LogP contribution < -0.4 is 10.2 Å². The zero-order chi connectivity index (χ0) is 15.2. The Kier molecular flexibility index (Phi) is 5.62. The summed E-state index contributed by atoms with van der Waals surface area (Å²) in [6.45, 7) is 5.97. The van der Waals surface area contributed by atoms with Gasteiger partial charge in [0.15, 0.2) is 0 Å². The van der Waals surface area contributed by atoms with Gasteiger partial charge in [-0.3, -0.25) is 0 Å². The van der Waals surface area contributed by atoms with Crippen molar-refractivity contribution in [3.05, 3.63) is 35.9 Å². The van der Waals surface area contributed by atoms with E-state index in [-0.39, 0.29) is 0 Å². The summed E-state index contributed by atoms with van der Waals surface area (Å²) in [5, 5.41) is 2.68. The predicted molar refractivity (Wildman–Crippen MR) is 84.0 cm³/mol. The number of hydrogen-bond acceptors (Lipinski definition) is 3. The number of benzene rings is 1. The molecule has 0 aliphatic rings. The van der Waals surface area contributed by atoms with E-state index >= 15 is 0 Å². The second-order valence-corrected chi connectivity index (χ2v) is 5.77. The minimum Gasteiger partial charge on any atom is -0.444 e. The van der Waals surface area contributed by atoms with Crippen molar-refractivity contribution in [1.82, 2.24) is 5.32 Å². The van der Waals surface area contributed by atoms with E-state index in [1.807, 2.05) is 59.2 Å². The second-order valence-electron chi connectivity index (χ2n) is 5.77. The Balaban J connectivity index is 2.40. The first kappa shape index (κ1) is 16.1. The molecule has 4 nitrogen and oxygen atoms in total. The lowest BCUT2D eigenvalue weighted by Gasteiger charge is -2.19. The Morgan fingerprint density at radius 1 is 1.25 bits per heavy atom. The number of amides is 1. The van der Waals surface area contributed by atoms with Crippen LogP contribution in [0.5, 0.6) is 0 Å². The minimum absolute atomic E-state index is 0.398. The molecule has 0 heterocycles. The van der Waals surface area contributed by atoms with Crippen LogP contribution in [0, 0.1) is 0 Å². The third-order valence-corrected chi connectivity index (χ3v) is 2.48. The molecule has 0 saturated heterocycles. The van der Waals surface area contributed by atoms with Crippen LogP contribution in [0.4, 0.5) is 10.5 Å². The first-order chi connectivity index (χ1) is 9.28. The third-order valence-electron chi connectivity index (χ3n) is 2.48. The number of hydrogen-bond donors (Lipinski definition) is 1. The first-order valence-corrected chi connectivity index (χ1v) is 6.69. The topological polar surface area (TPSA) is 41.6 Å². The maximum absolute atomic E-state index is 11.4. The number of carbonyl (C=O) groups is 1. The lowest BCUT2D eigenvalue weighted by molar-refractivity contribution is 0.0534. The van der Waals surface area contributed by atoms with Crippen molar-refractivity contribution in [2.45, 2.75) is 26.4 Å². The van der Waals surface area contributed by atoms with Gasteiger partial charge in [-0.25, -0.2) is 4.79 Å². The molecule has 0 saturated carbocycles. The van der Waals surface area contributed by atoms with Crippen LogP contribution in [0.25, 0.3) is 6.08 Å². The maximum atomic E-state index is 11.4. The monoisotopic (exact) mass is 276 g/mol. The van der Waals surface area contributed by atoms with E-state index in [2.05, 4.69) is 22.3 Å². The van der Waals surface area contributed by atoms with E-state index in [0.717, 1.165) is 11.3 Å². The Morgan fingerprint density at radius 3 is 2.35 bits per heavy atom. The number of alkyl carbamates (subject to hydrolysis) is 1. The zero-order valence-electron chi connectivity index (χ0n) is 12.9. The molecule has 20 heavy (non-hydrogen) atoms. The molecule has 0 bridgehead atoms. The Bertz CT molecular complexity index is 456. The van der Waals surface area contributed by atoms with E-state index < -0.39 is 11.7 Å². The number of nitrogens with one attached hydrogen (secondary N) is 1. The molecule has 1 aromatic carbocycles. The molecule has 0 aromatic heterocycles. The van der Waals surface area contributed by atoms with Crippen molar-refractivity contribution in [2.75, 3.05) is 25.5 Å². The second kappa shape index (κ2) is 6.98. The molecule has 0 aliphatic carbocycles. The highest BCUT2D eigenvalue weighted by molar-refractivity contribution is 5.68. The third kappa shape index (κ3) is 6.27. The molecule has 0 unspecified atom stereocenters. The maximum Gasteiger partial charge on any atom is 0.407 e. The number of ether oxygens (including phenoxy) is 1. The summed E-state index contributed by atoms with van der Waals surface area (Å²) in [5.41, 5.74) is 1.80. The highest BCUT2D eigenvalue weighted by Crippen LogP contribution is 2.13. The van der Waals surface area contributed by atoms with Gasteiger partial charge >= 0.3 is 6.09 Å². The van der Waals surface area contributed by atoms with Crippen LogP contribution >= 0.6 is 0 Å². The molecule has 0 atom stereocenters. The number of nitrogens with zero attached hydrogens (tertiary/aromatic N) is 1. The van der Waals surface area contributed by atoms with Crippen LogP contribution in [0.3, 0.4) is 0 Å². The fraction of sp³-hybridized carbons (Fsp3) is 0.438. The van der Waals surface area contributed by atoms with Crippen molar-refractivity contribution >= 4 is 17.9 Å². The van der Waals surface area contributed by atoms with Crippen LogP contribution in [-0.2, 0) is 4.74 Å². The van der Waals surface area contributed by atoms with Gasteiger partial charge in [-0.1, -0.05) is 24.3 Å². The summed E-state index contributed by atoms with van der Waals surface area (Å²) < 4.78 is 5.14. The molecule has 1 aromatic rings. The normalized spacial score (nSPS) is 11.4. The van der Waals surface area contributed by atoms with Crippen LogP contribution in [0.1, 0.15) is 26.3 Å². The molecule has 0 fully saturated rings. The largest absolute Gasteiger partial charge is 0.444 e. The van der Waals surface area contributed by atoms with Crippen molar-refractivity contribution in [2.24, 2.45) is 0 Å². The van der Waals surface area contributed by atoms with Crippen LogP contribution in [0.15, 0.2) is 30.3 Å². The summed E-state index contributed by atoms with van der Waals surface area (Å²) in [6, 6.07) is 8.19. The van der Waals surface area contributed by atoms with Crippen molar-refractivity contribution < 1.29 is 9.53 Å². The van der Waals surface area contributed by atoms with E-state index in [1.165, 1.54) is 0 Å². The summed E-state index contributed by atoms with van der Waals surface area (Å²) >= 11 is 0. The average Bonchev–Trinajstić information content (AvgIpc) is 2.33. The van der Waals surface area contributed by atoms with Crippen LogP contribution in [-0.4, -0.2) is 32.3 Å². The fourth-order valence-electron chi connectivity index (χ4n) is 1.54. The number of carbonyl (C=O) groups excluding carboxylic acids is 1. The van der Waals surface area contributed by atoms with Gasteiger partial charge in [0.25, 0.3) is 0 Å². The van der Waals surface area contributed by atoms with Crippen molar-refractivity contribution in [1.29, 1.82) is 0 Å². The van der Waals surface area contributed by atoms with E-state index in [4.69, 9.17) is 4.74 Å². The quantitative estimate of drug-likeness (QED) is 0.917. The van der Waals surface area contributed by atoms with Gasteiger partial charge in [-0.15, -0.1) is 0 Å². The van der Waals surface area contributed by atoms with E-state index in [1.54, 1.807) is 0 Å². The van der Waals surface area contributed by atoms with Crippen LogP contribution in [0.2, 0.25) is 0 Å². The van der Waals surface area contributed by atoms with Gasteiger partial charge in [0, 0.05) is 26.3 Å². The standard InChI is InChI=1S/C16H24N2O2/c1-16(2,3)20-15(19)17-12-6-7-13-8-10-14(11-9-13)18(4)5/h6-11H,12H2,1-5H3,(H,17,19). The Morgan fingerprint density at radius 2 is 1.85 bits per heavy atom. The molecule has 0 aliphatic heterocycles.